The summed E-state index contributed by atoms with van der Waals surface area (Å²) < 4.78 is 0. The molecule has 0 saturated heterocycles. The lowest BCUT2D eigenvalue weighted by molar-refractivity contribution is -0.115. The standard InChI is InChI=1S/C25H28ClN5O/c1-3-31(4-2)12-6-8-17-7-5-9-20(13-17)28-25-27-16-18-14-23(32)29-22-15-19(26)10-11-21(22)24(18)30-25/h5,7,9-11,13,15-16H,3-4,6,8,12,14H2,1-2H3,(H,29,32)(H,27,28,30). The fourth-order valence-corrected chi connectivity index (χ4v) is 4.18. The predicted molar refractivity (Wildman–Crippen MR) is 131 cm³/mol. The van der Waals surface area contributed by atoms with E-state index in [9.17, 15) is 4.79 Å². The van der Waals surface area contributed by atoms with Crippen LogP contribution in [0.2, 0.25) is 5.02 Å². The van der Waals surface area contributed by atoms with Crippen LogP contribution in [0.1, 0.15) is 31.4 Å². The number of carbonyl (C=O) groups is 1. The Balaban J connectivity index is 1.53. The Bertz CT molecular complexity index is 1110. The quantitative estimate of drug-likeness (QED) is 0.487. The summed E-state index contributed by atoms with van der Waals surface area (Å²) in [6, 6.07) is 13.8. The molecular formula is C25H28ClN5O. The van der Waals surface area contributed by atoms with Crippen LogP contribution in [0.15, 0.2) is 48.7 Å². The van der Waals surface area contributed by atoms with Gasteiger partial charge in [0.1, 0.15) is 0 Å². The maximum absolute atomic E-state index is 12.3. The van der Waals surface area contributed by atoms with Crippen molar-refractivity contribution in [3.63, 3.8) is 0 Å². The van der Waals surface area contributed by atoms with Crippen LogP contribution in [0.5, 0.6) is 0 Å². The summed E-state index contributed by atoms with van der Waals surface area (Å²) in [7, 11) is 0. The Kier molecular flexibility index (Phi) is 7.02. The second-order valence-corrected chi connectivity index (χ2v) is 8.37. The molecular weight excluding hydrogens is 422 g/mol. The van der Waals surface area contributed by atoms with E-state index in [1.54, 1.807) is 18.3 Å². The molecule has 0 bridgehead atoms. The Hall–Kier alpha value is -2.96. The minimum absolute atomic E-state index is 0.103. The van der Waals surface area contributed by atoms with Crippen molar-refractivity contribution in [3.05, 3.63) is 64.8 Å². The first-order chi connectivity index (χ1) is 15.6. The number of aryl methyl sites for hydroxylation is 1. The van der Waals surface area contributed by atoms with Gasteiger partial charge in [0.15, 0.2) is 0 Å². The highest BCUT2D eigenvalue weighted by Crippen LogP contribution is 2.34. The van der Waals surface area contributed by atoms with Crippen LogP contribution < -0.4 is 10.6 Å². The van der Waals surface area contributed by atoms with E-state index >= 15 is 0 Å². The van der Waals surface area contributed by atoms with Gasteiger partial charge in [-0.15, -0.1) is 0 Å². The third-order valence-corrected chi connectivity index (χ3v) is 5.98. The first-order valence-electron chi connectivity index (χ1n) is 11.1. The third-order valence-electron chi connectivity index (χ3n) is 5.74. The molecule has 2 heterocycles. The monoisotopic (exact) mass is 449 g/mol. The van der Waals surface area contributed by atoms with Crippen LogP contribution in [-0.2, 0) is 17.6 Å². The summed E-state index contributed by atoms with van der Waals surface area (Å²) in [5.74, 6) is 0.397. The van der Waals surface area contributed by atoms with Crippen LogP contribution in [-0.4, -0.2) is 40.4 Å². The van der Waals surface area contributed by atoms with Gasteiger partial charge in [-0.2, -0.15) is 0 Å². The number of rotatable bonds is 8. The highest BCUT2D eigenvalue weighted by molar-refractivity contribution is 6.31. The van der Waals surface area contributed by atoms with E-state index in [2.05, 4.69) is 52.6 Å². The number of aromatic nitrogens is 2. The summed E-state index contributed by atoms with van der Waals surface area (Å²) in [6.07, 6.45) is 4.10. The Morgan fingerprint density at radius 2 is 2.00 bits per heavy atom. The van der Waals surface area contributed by atoms with Crippen molar-refractivity contribution in [3.8, 4) is 11.3 Å². The van der Waals surface area contributed by atoms with Crippen molar-refractivity contribution in [2.75, 3.05) is 30.3 Å². The number of amides is 1. The topological polar surface area (TPSA) is 70.2 Å². The smallest absolute Gasteiger partial charge is 0.228 e. The van der Waals surface area contributed by atoms with Crippen LogP contribution >= 0.6 is 11.6 Å². The summed E-state index contributed by atoms with van der Waals surface area (Å²) in [5.41, 5.74) is 5.27. The number of nitrogens with one attached hydrogen (secondary N) is 2. The molecule has 1 amide bonds. The van der Waals surface area contributed by atoms with Gasteiger partial charge < -0.3 is 15.5 Å². The lowest BCUT2D eigenvalue weighted by Gasteiger charge is -2.17. The minimum atomic E-state index is -0.103. The van der Waals surface area contributed by atoms with Crippen molar-refractivity contribution in [1.29, 1.82) is 0 Å². The van der Waals surface area contributed by atoms with Crippen LogP contribution in [0.4, 0.5) is 17.3 Å². The van der Waals surface area contributed by atoms with E-state index in [0.29, 0.717) is 16.7 Å². The van der Waals surface area contributed by atoms with Crippen molar-refractivity contribution in [2.24, 2.45) is 0 Å². The highest BCUT2D eigenvalue weighted by Gasteiger charge is 2.21. The molecule has 0 aliphatic carbocycles. The Morgan fingerprint density at radius 3 is 2.81 bits per heavy atom. The molecule has 1 aliphatic rings. The van der Waals surface area contributed by atoms with Gasteiger partial charge in [-0.3, -0.25) is 4.79 Å². The molecule has 32 heavy (non-hydrogen) atoms. The van der Waals surface area contributed by atoms with Crippen molar-refractivity contribution in [2.45, 2.75) is 33.1 Å². The van der Waals surface area contributed by atoms with Crippen molar-refractivity contribution < 1.29 is 4.79 Å². The molecule has 2 aromatic carbocycles. The minimum Gasteiger partial charge on any atom is -0.325 e. The van der Waals surface area contributed by atoms with Crippen molar-refractivity contribution >= 4 is 34.8 Å². The van der Waals surface area contributed by atoms with Gasteiger partial charge in [0.2, 0.25) is 11.9 Å². The molecule has 1 aliphatic heterocycles. The summed E-state index contributed by atoms with van der Waals surface area (Å²) in [4.78, 5) is 23.9. The fraction of sp³-hybridized carbons (Fsp3) is 0.320. The average Bonchev–Trinajstić information content (AvgIpc) is 2.91. The molecule has 7 heteroatoms. The zero-order chi connectivity index (χ0) is 22.5. The molecule has 4 rings (SSSR count). The zero-order valence-electron chi connectivity index (χ0n) is 18.5. The summed E-state index contributed by atoms with van der Waals surface area (Å²) in [6.45, 7) is 7.68. The van der Waals surface area contributed by atoms with Gasteiger partial charge in [0, 0.05) is 28.0 Å². The van der Waals surface area contributed by atoms with Gasteiger partial charge in [0.25, 0.3) is 0 Å². The number of fused-ring (bicyclic) bond motifs is 3. The molecule has 0 atom stereocenters. The number of anilines is 3. The van der Waals surface area contributed by atoms with Gasteiger partial charge in [-0.05, 0) is 68.4 Å². The second kappa shape index (κ2) is 10.1. The van der Waals surface area contributed by atoms with Crippen LogP contribution in [0.3, 0.4) is 0 Å². The number of halogens is 1. The number of hydrogen-bond acceptors (Lipinski definition) is 5. The number of nitrogens with zero attached hydrogens (tertiary/aromatic N) is 3. The van der Waals surface area contributed by atoms with Crippen molar-refractivity contribution in [1.82, 2.24) is 14.9 Å². The maximum Gasteiger partial charge on any atom is 0.228 e. The van der Waals surface area contributed by atoms with Gasteiger partial charge in [-0.25, -0.2) is 9.97 Å². The van der Waals surface area contributed by atoms with Gasteiger partial charge in [-0.1, -0.05) is 37.6 Å². The largest absolute Gasteiger partial charge is 0.325 e. The van der Waals surface area contributed by atoms with E-state index < -0.39 is 0 Å². The molecule has 1 aromatic heterocycles. The van der Waals surface area contributed by atoms with Crippen LogP contribution in [0, 0.1) is 0 Å². The van der Waals surface area contributed by atoms with E-state index in [4.69, 9.17) is 16.6 Å². The summed E-state index contributed by atoms with van der Waals surface area (Å²) in [5, 5.41) is 6.80. The Labute approximate surface area is 194 Å². The fourth-order valence-electron chi connectivity index (χ4n) is 4.00. The lowest BCUT2D eigenvalue weighted by Crippen LogP contribution is -2.24. The number of benzene rings is 2. The van der Waals surface area contributed by atoms with Crippen LogP contribution in [0.25, 0.3) is 11.3 Å². The molecule has 0 fully saturated rings. The zero-order valence-corrected chi connectivity index (χ0v) is 19.2. The normalized spacial score (nSPS) is 12.7. The average molecular weight is 450 g/mol. The van der Waals surface area contributed by atoms with E-state index in [-0.39, 0.29) is 12.3 Å². The molecule has 3 aromatic rings. The summed E-state index contributed by atoms with van der Waals surface area (Å²) >= 11 is 6.13. The second-order valence-electron chi connectivity index (χ2n) is 7.94. The third kappa shape index (κ3) is 5.26. The van der Waals surface area contributed by atoms with Gasteiger partial charge >= 0.3 is 0 Å². The van der Waals surface area contributed by atoms with Gasteiger partial charge in [0.05, 0.1) is 17.8 Å². The molecule has 0 saturated carbocycles. The van der Waals surface area contributed by atoms with E-state index in [1.165, 1.54) is 5.56 Å². The molecule has 0 radical (unpaired) electrons. The molecule has 2 N–H and O–H groups in total. The molecule has 0 unspecified atom stereocenters. The first-order valence-corrected chi connectivity index (χ1v) is 11.5. The highest BCUT2D eigenvalue weighted by atomic mass is 35.5. The SMILES string of the molecule is CCN(CC)CCCc1cccc(Nc2ncc3c(n2)-c2ccc(Cl)cc2NC(=O)C3)c1. The number of carbonyl (C=O) groups excluding carboxylic acids is 1. The maximum atomic E-state index is 12.3. The van der Waals surface area contributed by atoms with E-state index in [1.807, 2.05) is 12.1 Å². The number of hydrogen-bond donors (Lipinski definition) is 2. The molecule has 6 nitrogen and oxygen atoms in total. The lowest BCUT2D eigenvalue weighted by atomic mass is 10.1. The molecule has 0 spiro atoms. The Morgan fingerprint density at radius 1 is 1.16 bits per heavy atom. The predicted octanol–water partition coefficient (Wildman–Crippen LogP) is 5.31. The van der Waals surface area contributed by atoms with E-state index in [0.717, 1.165) is 55.0 Å². The molecule has 166 valence electrons. The first kappa shape index (κ1) is 22.2.